The maximum absolute atomic E-state index is 5.97. The van der Waals surface area contributed by atoms with Gasteiger partial charge < -0.3 is 14.5 Å². The normalized spacial score (nSPS) is 10.8. The van der Waals surface area contributed by atoms with Gasteiger partial charge in [-0.2, -0.15) is 0 Å². The molecule has 0 atom stereocenters. The SMILES string of the molecule is COc1ccc(-c2cc3c(Oc4cccc(C)c4)ncnc3[nH]2)cc1. The summed E-state index contributed by atoms with van der Waals surface area (Å²) < 4.78 is 11.2. The van der Waals surface area contributed by atoms with E-state index in [1.807, 2.05) is 61.5 Å². The van der Waals surface area contributed by atoms with Crippen molar-refractivity contribution in [3.63, 3.8) is 0 Å². The molecule has 0 spiro atoms. The van der Waals surface area contributed by atoms with Gasteiger partial charge in [-0.3, -0.25) is 0 Å². The summed E-state index contributed by atoms with van der Waals surface area (Å²) in [6.07, 6.45) is 1.50. The smallest absolute Gasteiger partial charge is 0.231 e. The lowest BCUT2D eigenvalue weighted by molar-refractivity contribution is 0.415. The lowest BCUT2D eigenvalue weighted by Gasteiger charge is -2.05. The molecule has 4 rings (SSSR count). The number of ether oxygens (including phenoxy) is 2. The molecule has 25 heavy (non-hydrogen) atoms. The van der Waals surface area contributed by atoms with E-state index in [-0.39, 0.29) is 0 Å². The molecular formula is C20H17N3O2. The van der Waals surface area contributed by atoms with Crippen molar-refractivity contribution in [1.82, 2.24) is 15.0 Å². The zero-order chi connectivity index (χ0) is 17.2. The van der Waals surface area contributed by atoms with E-state index in [2.05, 4.69) is 15.0 Å². The van der Waals surface area contributed by atoms with Gasteiger partial charge in [-0.05, 0) is 60.5 Å². The van der Waals surface area contributed by atoms with Gasteiger partial charge in [0.15, 0.2) is 0 Å². The second-order valence-corrected chi connectivity index (χ2v) is 5.77. The number of benzene rings is 2. The molecule has 2 aromatic heterocycles. The number of H-pyrrole nitrogens is 1. The Labute approximate surface area is 145 Å². The van der Waals surface area contributed by atoms with Crippen molar-refractivity contribution in [2.45, 2.75) is 6.92 Å². The molecule has 0 saturated heterocycles. The van der Waals surface area contributed by atoms with E-state index in [0.29, 0.717) is 5.88 Å². The molecule has 0 aliphatic heterocycles. The monoisotopic (exact) mass is 331 g/mol. The average Bonchev–Trinajstić information content (AvgIpc) is 3.07. The van der Waals surface area contributed by atoms with Crippen LogP contribution in [0.1, 0.15) is 5.56 Å². The fourth-order valence-electron chi connectivity index (χ4n) is 2.71. The highest BCUT2D eigenvalue weighted by atomic mass is 16.5. The summed E-state index contributed by atoms with van der Waals surface area (Å²) in [6, 6.07) is 17.7. The number of hydrogen-bond acceptors (Lipinski definition) is 4. The molecule has 2 aromatic carbocycles. The molecule has 0 saturated carbocycles. The Balaban J connectivity index is 1.73. The first-order valence-electron chi connectivity index (χ1n) is 7.95. The quantitative estimate of drug-likeness (QED) is 0.587. The van der Waals surface area contributed by atoms with Crippen LogP contribution in [0.2, 0.25) is 0 Å². The highest BCUT2D eigenvalue weighted by molar-refractivity contribution is 5.87. The van der Waals surface area contributed by atoms with Crippen LogP contribution in [0.25, 0.3) is 22.3 Å². The Hall–Kier alpha value is -3.34. The van der Waals surface area contributed by atoms with Crippen LogP contribution in [0.5, 0.6) is 17.4 Å². The van der Waals surface area contributed by atoms with Gasteiger partial charge in [0.25, 0.3) is 0 Å². The molecule has 0 aliphatic carbocycles. The number of methoxy groups -OCH3 is 1. The Kier molecular flexibility index (Phi) is 3.82. The van der Waals surface area contributed by atoms with E-state index in [1.54, 1.807) is 7.11 Å². The van der Waals surface area contributed by atoms with Gasteiger partial charge in [-0.1, -0.05) is 12.1 Å². The molecule has 1 N–H and O–H groups in total. The van der Waals surface area contributed by atoms with Crippen LogP contribution in [0, 0.1) is 6.92 Å². The number of hydrogen-bond donors (Lipinski definition) is 1. The number of aryl methyl sites for hydroxylation is 1. The van der Waals surface area contributed by atoms with Gasteiger partial charge in [0.05, 0.1) is 12.5 Å². The van der Waals surface area contributed by atoms with Gasteiger partial charge in [-0.15, -0.1) is 0 Å². The van der Waals surface area contributed by atoms with Crippen LogP contribution in [0.15, 0.2) is 60.9 Å². The summed E-state index contributed by atoms with van der Waals surface area (Å²) in [5.74, 6) is 2.11. The molecule has 0 radical (unpaired) electrons. The molecule has 5 nitrogen and oxygen atoms in total. The standard InChI is InChI=1S/C20H17N3O2/c1-13-4-3-5-16(10-13)25-20-17-11-18(23-19(17)21-12-22-20)14-6-8-15(24-2)9-7-14/h3-12H,1-2H3,(H,21,22,23). The highest BCUT2D eigenvalue weighted by Crippen LogP contribution is 2.31. The molecule has 0 unspecified atom stereocenters. The second-order valence-electron chi connectivity index (χ2n) is 5.77. The molecule has 0 fully saturated rings. The Morgan fingerprint density at radius 2 is 1.76 bits per heavy atom. The van der Waals surface area contributed by atoms with Crippen molar-refractivity contribution in [2.24, 2.45) is 0 Å². The summed E-state index contributed by atoms with van der Waals surface area (Å²) in [7, 11) is 1.66. The van der Waals surface area contributed by atoms with Crippen molar-refractivity contribution < 1.29 is 9.47 Å². The third-order valence-electron chi connectivity index (χ3n) is 3.99. The van der Waals surface area contributed by atoms with Crippen molar-refractivity contribution >= 4 is 11.0 Å². The number of nitrogens with zero attached hydrogens (tertiary/aromatic N) is 2. The minimum absolute atomic E-state index is 0.534. The van der Waals surface area contributed by atoms with Gasteiger partial charge in [-0.25, -0.2) is 9.97 Å². The lowest BCUT2D eigenvalue weighted by atomic mass is 10.1. The molecule has 0 bridgehead atoms. The Morgan fingerprint density at radius 1 is 0.920 bits per heavy atom. The predicted molar refractivity (Wildman–Crippen MR) is 97.1 cm³/mol. The molecule has 124 valence electrons. The van der Waals surface area contributed by atoms with Crippen LogP contribution < -0.4 is 9.47 Å². The lowest BCUT2D eigenvalue weighted by Crippen LogP contribution is -1.90. The van der Waals surface area contributed by atoms with E-state index >= 15 is 0 Å². The van der Waals surface area contributed by atoms with E-state index < -0.39 is 0 Å². The van der Waals surface area contributed by atoms with E-state index in [9.17, 15) is 0 Å². The summed E-state index contributed by atoms with van der Waals surface area (Å²) in [5.41, 5.74) is 3.87. The third-order valence-corrected chi connectivity index (χ3v) is 3.99. The van der Waals surface area contributed by atoms with E-state index in [1.165, 1.54) is 6.33 Å². The number of fused-ring (bicyclic) bond motifs is 1. The summed E-state index contributed by atoms with van der Waals surface area (Å²) in [4.78, 5) is 11.9. The van der Waals surface area contributed by atoms with Crippen molar-refractivity contribution in [3.05, 3.63) is 66.5 Å². The topological polar surface area (TPSA) is 60.0 Å². The first kappa shape index (κ1) is 15.2. The largest absolute Gasteiger partial charge is 0.497 e. The molecule has 2 heterocycles. The van der Waals surface area contributed by atoms with Gasteiger partial charge in [0.2, 0.25) is 5.88 Å². The minimum Gasteiger partial charge on any atom is -0.497 e. The van der Waals surface area contributed by atoms with E-state index in [4.69, 9.17) is 9.47 Å². The number of nitrogens with one attached hydrogen (secondary N) is 1. The maximum atomic E-state index is 5.97. The summed E-state index contributed by atoms with van der Waals surface area (Å²) >= 11 is 0. The first-order valence-corrected chi connectivity index (χ1v) is 7.95. The number of aromatic nitrogens is 3. The zero-order valence-electron chi connectivity index (χ0n) is 14.0. The average molecular weight is 331 g/mol. The molecule has 0 amide bonds. The Bertz CT molecular complexity index is 1020. The van der Waals surface area contributed by atoms with E-state index in [0.717, 1.165) is 39.4 Å². The number of aromatic amines is 1. The molecular weight excluding hydrogens is 314 g/mol. The maximum Gasteiger partial charge on any atom is 0.231 e. The van der Waals surface area contributed by atoms with Gasteiger partial charge >= 0.3 is 0 Å². The van der Waals surface area contributed by atoms with Crippen LogP contribution in [-0.4, -0.2) is 22.1 Å². The predicted octanol–water partition coefficient (Wildman–Crippen LogP) is 4.73. The zero-order valence-corrected chi connectivity index (χ0v) is 14.0. The van der Waals surface area contributed by atoms with Crippen molar-refractivity contribution in [1.29, 1.82) is 0 Å². The summed E-state index contributed by atoms with van der Waals surface area (Å²) in [5, 5.41) is 0.842. The highest BCUT2D eigenvalue weighted by Gasteiger charge is 2.11. The van der Waals surface area contributed by atoms with Gasteiger partial charge in [0.1, 0.15) is 23.5 Å². The first-order chi connectivity index (χ1) is 12.2. The van der Waals surface area contributed by atoms with Crippen molar-refractivity contribution in [3.8, 4) is 28.6 Å². The number of rotatable bonds is 4. The van der Waals surface area contributed by atoms with Crippen molar-refractivity contribution in [2.75, 3.05) is 7.11 Å². The third kappa shape index (κ3) is 3.04. The molecule has 5 heteroatoms. The summed E-state index contributed by atoms with van der Waals surface area (Å²) in [6.45, 7) is 2.03. The minimum atomic E-state index is 0.534. The molecule has 4 aromatic rings. The van der Waals surface area contributed by atoms with Crippen LogP contribution in [0.3, 0.4) is 0 Å². The van der Waals surface area contributed by atoms with Crippen LogP contribution in [0.4, 0.5) is 0 Å². The van der Waals surface area contributed by atoms with Gasteiger partial charge in [0, 0.05) is 5.69 Å². The fraction of sp³-hybridized carbons (Fsp3) is 0.100. The van der Waals surface area contributed by atoms with Crippen LogP contribution in [-0.2, 0) is 0 Å². The van der Waals surface area contributed by atoms with Crippen LogP contribution >= 0.6 is 0 Å². The fourth-order valence-corrected chi connectivity index (χ4v) is 2.71. The second kappa shape index (κ2) is 6.28. The molecule has 0 aliphatic rings. The Morgan fingerprint density at radius 3 is 2.52 bits per heavy atom.